The van der Waals surface area contributed by atoms with Crippen molar-refractivity contribution in [3.8, 4) is 0 Å². The van der Waals surface area contributed by atoms with Crippen molar-refractivity contribution in [1.82, 2.24) is 0 Å². The van der Waals surface area contributed by atoms with Gasteiger partial charge < -0.3 is 26.5 Å². The molecular formula is C12H17BrMgO2. The predicted octanol–water partition coefficient (Wildman–Crippen LogP) is -0.644. The van der Waals surface area contributed by atoms with Gasteiger partial charge in [-0.05, 0) is 20.8 Å². The van der Waals surface area contributed by atoms with Crippen molar-refractivity contribution in [3.63, 3.8) is 0 Å². The van der Waals surface area contributed by atoms with Gasteiger partial charge in [0.1, 0.15) is 0 Å². The quantitative estimate of drug-likeness (QED) is 0.409. The molecule has 0 N–H and O–H groups in total. The van der Waals surface area contributed by atoms with Crippen LogP contribution >= 0.6 is 0 Å². The van der Waals surface area contributed by atoms with Crippen LogP contribution in [0, 0.1) is 6.07 Å². The fourth-order valence-electron chi connectivity index (χ4n) is 1.45. The van der Waals surface area contributed by atoms with Crippen LogP contribution in [0.1, 0.15) is 26.3 Å². The standard InChI is InChI=1S/C12H17O2.BrH.Mg/c1-4-13-12(3,14-5-2)11-9-7-6-8-10-11;;/h7-10H,4-5H2,1-3H3;1H;/q-1;;+2/p-1. The van der Waals surface area contributed by atoms with Crippen LogP contribution in [-0.4, -0.2) is 36.3 Å². The first-order valence-electron chi connectivity index (χ1n) is 4.97. The third-order valence-electron chi connectivity index (χ3n) is 2.08. The van der Waals surface area contributed by atoms with Crippen LogP contribution in [0.5, 0.6) is 0 Å². The Bertz CT molecular complexity index is 261. The molecule has 0 aliphatic heterocycles. The molecule has 0 heterocycles. The number of rotatable bonds is 5. The summed E-state index contributed by atoms with van der Waals surface area (Å²) in [6.07, 6.45) is 0. The summed E-state index contributed by atoms with van der Waals surface area (Å²) in [6.45, 7) is 7.14. The van der Waals surface area contributed by atoms with Gasteiger partial charge in [-0.3, -0.25) is 0 Å². The summed E-state index contributed by atoms with van der Waals surface area (Å²) in [4.78, 5) is 0. The molecule has 4 heteroatoms. The zero-order chi connectivity index (χ0) is 10.4. The summed E-state index contributed by atoms with van der Waals surface area (Å²) < 4.78 is 11.2. The van der Waals surface area contributed by atoms with Crippen molar-refractivity contribution in [1.29, 1.82) is 0 Å². The molecule has 1 aromatic carbocycles. The summed E-state index contributed by atoms with van der Waals surface area (Å²) in [7, 11) is 0. The zero-order valence-electron chi connectivity index (χ0n) is 10.1. The van der Waals surface area contributed by atoms with Gasteiger partial charge in [-0.2, -0.15) is 30.3 Å². The van der Waals surface area contributed by atoms with Crippen molar-refractivity contribution < 1.29 is 26.5 Å². The van der Waals surface area contributed by atoms with Crippen molar-refractivity contribution in [2.45, 2.75) is 26.6 Å². The van der Waals surface area contributed by atoms with Gasteiger partial charge in [0.05, 0.1) is 0 Å². The molecule has 0 saturated heterocycles. The van der Waals surface area contributed by atoms with Gasteiger partial charge in [0, 0.05) is 13.2 Å². The minimum atomic E-state index is -0.626. The smallest absolute Gasteiger partial charge is 1.00 e. The molecule has 0 bridgehead atoms. The average molecular weight is 297 g/mol. The van der Waals surface area contributed by atoms with Gasteiger partial charge >= 0.3 is 23.1 Å². The Morgan fingerprint density at radius 1 is 1.12 bits per heavy atom. The Labute approximate surface area is 125 Å². The molecule has 0 aliphatic rings. The molecular weight excluding hydrogens is 280 g/mol. The SMILES string of the molecule is CCOC(C)(OCC)c1cc[c-]cc1.[Br-].[Mg+2]. The van der Waals surface area contributed by atoms with E-state index in [1.165, 1.54) is 0 Å². The third-order valence-corrected chi connectivity index (χ3v) is 2.08. The Hall–Kier alpha value is 0.386. The fourth-order valence-corrected chi connectivity index (χ4v) is 1.45. The van der Waals surface area contributed by atoms with Crippen molar-refractivity contribution in [2.24, 2.45) is 0 Å². The fraction of sp³-hybridized carbons (Fsp3) is 0.500. The number of halogens is 1. The molecule has 0 aliphatic carbocycles. The maximum Gasteiger partial charge on any atom is 2.00 e. The van der Waals surface area contributed by atoms with Crippen molar-refractivity contribution in [2.75, 3.05) is 13.2 Å². The van der Waals surface area contributed by atoms with E-state index in [0.717, 1.165) is 5.56 Å². The molecule has 86 valence electrons. The molecule has 0 aromatic heterocycles. The third kappa shape index (κ3) is 5.14. The van der Waals surface area contributed by atoms with Crippen LogP contribution in [0.25, 0.3) is 0 Å². The summed E-state index contributed by atoms with van der Waals surface area (Å²) >= 11 is 0. The van der Waals surface area contributed by atoms with Gasteiger partial charge in [0.2, 0.25) is 0 Å². The van der Waals surface area contributed by atoms with E-state index in [1.807, 2.05) is 45.0 Å². The monoisotopic (exact) mass is 296 g/mol. The van der Waals surface area contributed by atoms with E-state index in [0.29, 0.717) is 13.2 Å². The van der Waals surface area contributed by atoms with Gasteiger partial charge in [-0.15, -0.1) is 0 Å². The largest absolute Gasteiger partial charge is 2.00 e. The molecule has 0 fully saturated rings. The van der Waals surface area contributed by atoms with E-state index in [-0.39, 0.29) is 40.0 Å². The molecule has 0 radical (unpaired) electrons. The van der Waals surface area contributed by atoms with E-state index in [4.69, 9.17) is 9.47 Å². The van der Waals surface area contributed by atoms with Crippen molar-refractivity contribution >= 4 is 23.1 Å². The summed E-state index contributed by atoms with van der Waals surface area (Å²) in [5, 5.41) is 0. The van der Waals surface area contributed by atoms with Crippen LogP contribution in [0.4, 0.5) is 0 Å². The molecule has 1 aromatic rings. The topological polar surface area (TPSA) is 18.5 Å². The van der Waals surface area contributed by atoms with Gasteiger partial charge in [0.25, 0.3) is 0 Å². The molecule has 0 saturated carbocycles. The Balaban J connectivity index is 0. The first-order valence-corrected chi connectivity index (χ1v) is 4.97. The first kappa shape index (κ1) is 18.7. The Morgan fingerprint density at radius 2 is 1.56 bits per heavy atom. The van der Waals surface area contributed by atoms with Crippen LogP contribution in [-0.2, 0) is 15.3 Å². The van der Waals surface area contributed by atoms with E-state index in [2.05, 4.69) is 6.07 Å². The Kier molecular flexibility index (Phi) is 11.0. The number of hydrogen-bond donors (Lipinski definition) is 0. The zero-order valence-corrected chi connectivity index (χ0v) is 13.1. The van der Waals surface area contributed by atoms with Gasteiger partial charge in [-0.1, -0.05) is 5.56 Å². The van der Waals surface area contributed by atoms with Crippen LogP contribution in [0.15, 0.2) is 24.3 Å². The molecule has 1 rings (SSSR count). The number of benzene rings is 1. The van der Waals surface area contributed by atoms with E-state index in [9.17, 15) is 0 Å². The van der Waals surface area contributed by atoms with Gasteiger partial charge in [-0.25, -0.2) is 0 Å². The Morgan fingerprint density at radius 3 is 1.94 bits per heavy atom. The minimum Gasteiger partial charge on any atom is -1.00 e. The molecule has 16 heavy (non-hydrogen) atoms. The summed E-state index contributed by atoms with van der Waals surface area (Å²) in [5.74, 6) is -0.626. The van der Waals surface area contributed by atoms with Crippen molar-refractivity contribution in [3.05, 3.63) is 35.9 Å². The second-order valence-corrected chi connectivity index (χ2v) is 3.10. The normalized spacial score (nSPS) is 10.2. The predicted molar refractivity (Wildman–Crippen MR) is 61.6 cm³/mol. The second kappa shape index (κ2) is 9.42. The maximum atomic E-state index is 5.62. The van der Waals surface area contributed by atoms with Crippen LogP contribution < -0.4 is 17.0 Å². The number of hydrogen-bond acceptors (Lipinski definition) is 2. The summed E-state index contributed by atoms with van der Waals surface area (Å²) in [6, 6.07) is 10.6. The second-order valence-electron chi connectivity index (χ2n) is 3.10. The number of ether oxygens (including phenoxy) is 2. The maximum absolute atomic E-state index is 5.62. The minimum absolute atomic E-state index is 0. The first-order chi connectivity index (χ1) is 6.73. The average Bonchev–Trinajstić information content (AvgIpc) is 2.20. The summed E-state index contributed by atoms with van der Waals surface area (Å²) in [5.41, 5.74) is 1.03. The van der Waals surface area contributed by atoms with E-state index < -0.39 is 5.79 Å². The van der Waals surface area contributed by atoms with Gasteiger partial charge in [0.15, 0.2) is 5.79 Å². The van der Waals surface area contributed by atoms with Crippen LogP contribution in [0.2, 0.25) is 0 Å². The molecule has 0 unspecified atom stereocenters. The molecule has 2 nitrogen and oxygen atoms in total. The van der Waals surface area contributed by atoms with E-state index >= 15 is 0 Å². The molecule has 0 amide bonds. The van der Waals surface area contributed by atoms with E-state index in [1.54, 1.807) is 0 Å². The van der Waals surface area contributed by atoms with Crippen LogP contribution in [0.3, 0.4) is 0 Å². The molecule has 0 spiro atoms. The molecule has 0 atom stereocenters.